The van der Waals surface area contributed by atoms with Crippen LogP contribution in [0.15, 0.2) is 30.3 Å². The highest BCUT2D eigenvalue weighted by Gasteiger charge is 2.21. The Morgan fingerprint density at radius 2 is 2.00 bits per heavy atom. The van der Waals surface area contributed by atoms with Crippen molar-refractivity contribution in [2.24, 2.45) is 11.7 Å². The molecule has 1 rings (SSSR count). The Bertz CT molecular complexity index is 381. The van der Waals surface area contributed by atoms with Crippen molar-refractivity contribution < 1.29 is 9.53 Å². The molecule has 4 nitrogen and oxygen atoms in total. The maximum Gasteiger partial charge on any atom is 0.224 e. The number of amides is 1. The Kier molecular flexibility index (Phi) is 7.92. The maximum absolute atomic E-state index is 12.0. The Balaban J connectivity index is 2.28. The van der Waals surface area contributed by atoms with Crippen molar-refractivity contribution in [3.05, 3.63) is 35.9 Å². The molecule has 3 N–H and O–H groups in total. The first-order chi connectivity index (χ1) is 9.66. The van der Waals surface area contributed by atoms with Gasteiger partial charge in [0.05, 0.1) is 5.92 Å². The summed E-state index contributed by atoms with van der Waals surface area (Å²) in [5.74, 6) is -0.245. The zero-order valence-corrected chi connectivity index (χ0v) is 12.5. The fraction of sp³-hybridized carbons (Fsp3) is 0.562. The highest BCUT2D eigenvalue weighted by molar-refractivity contribution is 5.79. The Labute approximate surface area is 121 Å². The standard InChI is InChI=1S/C16H26N2O2/c1-3-11-20-12-7-10-18-16(19)13(2)15(17)14-8-5-4-6-9-14/h4-6,8-9,13,15H,3,7,10-12,17H2,1-2H3,(H,18,19). The Morgan fingerprint density at radius 3 is 2.65 bits per heavy atom. The molecular formula is C16H26N2O2. The smallest absolute Gasteiger partial charge is 0.224 e. The molecule has 0 bridgehead atoms. The number of nitrogens with two attached hydrogens (primary N) is 1. The van der Waals surface area contributed by atoms with Gasteiger partial charge in [0.15, 0.2) is 0 Å². The van der Waals surface area contributed by atoms with Crippen molar-refractivity contribution in [1.82, 2.24) is 5.32 Å². The first-order valence-corrected chi connectivity index (χ1v) is 7.32. The molecule has 0 saturated heterocycles. The van der Waals surface area contributed by atoms with Gasteiger partial charge in [0.25, 0.3) is 0 Å². The summed E-state index contributed by atoms with van der Waals surface area (Å²) >= 11 is 0. The molecule has 20 heavy (non-hydrogen) atoms. The molecular weight excluding hydrogens is 252 g/mol. The molecule has 2 atom stereocenters. The van der Waals surface area contributed by atoms with Crippen LogP contribution in [0.4, 0.5) is 0 Å². The second kappa shape index (κ2) is 9.50. The number of rotatable bonds is 9. The van der Waals surface area contributed by atoms with Gasteiger partial charge < -0.3 is 15.8 Å². The molecule has 0 aliphatic carbocycles. The van der Waals surface area contributed by atoms with E-state index in [1.165, 1.54) is 0 Å². The van der Waals surface area contributed by atoms with Crippen molar-refractivity contribution in [2.45, 2.75) is 32.7 Å². The SMILES string of the molecule is CCCOCCCNC(=O)C(C)C(N)c1ccccc1. The zero-order chi connectivity index (χ0) is 14.8. The summed E-state index contributed by atoms with van der Waals surface area (Å²) in [6.07, 6.45) is 1.86. The van der Waals surface area contributed by atoms with Crippen LogP contribution in [-0.4, -0.2) is 25.7 Å². The van der Waals surface area contributed by atoms with Gasteiger partial charge in [-0.2, -0.15) is 0 Å². The van der Waals surface area contributed by atoms with Crippen LogP contribution in [0.1, 0.15) is 38.3 Å². The van der Waals surface area contributed by atoms with Gasteiger partial charge in [-0.15, -0.1) is 0 Å². The van der Waals surface area contributed by atoms with E-state index in [2.05, 4.69) is 12.2 Å². The van der Waals surface area contributed by atoms with Crippen LogP contribution in [0.3, 0.4) is 0 Å². The molecule has 0 radical (unpaired) electrons. The van der Waals surface area contributed by atoms with E-state index in [4.69, 9.17) is 10.5 Å². The lowest BCUT2D eigenvalue weighted by Gasteiger charge is -2.19. The number of nitrogens with one attached hydrogen (secondary N) is 1. The third-order valence-electron chi connectivity index (χ3n) is 3.25. The average molecular weight is 278 g/mol. The summed E-state index contributed by atoms with van der Waals surface area (Å²) in [7, 11) is 0. The van der Waals surface area contributed by atoms with Crippen molar-refractivity contribution in [3.8, 4) is 0 Å². The highest BCUT2D eigenvalue weighted by Crippen LogP contribution is 2.18. The highest BCUT2D eigenvalue weighted by atomic mass is 16.5. The molecule has 0 aliphatic rings. The van der Waals surface area contributed by atoms with E-state index in [0.717, 1.165) is 25.0 Å². The molecule has 112 valence electrons. The predicted octanol–water partition coefficient (Wildman–Crippen LogP) is 2.26. The maximum atomic E-state index is 12.0. The average Bonchev–Trinajstić information content (AvgIpc) is 2.50. The van der Waals surface area contributed by atoms with Crippen LogP contribution in [-0.2, 0) is 9.53 Å². The molecule has 0 heterocycles. The van der Waals surface area contributed by atoms with Gasteiger partial charge in [0.2, 0.25) is 5.91 Å². The summed E-state index contributed by atoms with van der Waals surface area (Å²) in [6.45, 7) is 6.04. The lowest BCUT2D eigenvalue weighted by molar-refractivity contribution is -0.125. The number of carbonyl (C=O) groups is 1. The van der Waals surface area contributed by atoms with E-state index < -0.39 is 0 Å². The monoisotopic (exact) mass is 278 g/mol. The van der Waals surface area contributed by atoms with Gasteiger partial charge in [-0.1, -0.05) is 44.2 Å². The van der Waals surface area contributed by atoms with Crippen molar-refractivity contribution in [1.29, 1.82) is 0 Å². The van der Waals surface area contributed by atoms with Gasteiger partial charge in [-0.25, -0.2) is 0 Å². The quantitative estimate of drug-likeness (QED) is 0.681. The topological polar surface area (TPSA) is 64.3 Å². The molecule has 1 aromatic rings. The van der Waals surface area contributed by atoms with E-state index in [-0.39, 0.29) is 17.9 Å². The van der Waals surface area contributed by atoms with Gasteiger partial charge in [0.1, 0.15) is 0 Å². The fourth-order valence-electron chi connectivity index (χ4n) is 1.92. The lowest BCUT2D eigenvalue weighted by atomic mass is 9.95. The number of carbonyl (C=O) groups excluding carboxylic acids is 1. The fourth-order valence-corrected chi connectivity index (χ4v) is 1.92. The van der Waals surface area contributed by atoms with Crippen molar-refractivity contribution in [2.75, 3.05) is 19.8 Å². The van der Waals surface area contributed by atoms with Gasteiger partial charge in [-0.3, -0.25) is 4.79 Å². The van der Waals surface area contributed by atoms with Crippen LogP contribution in [0, 0.1) is 5.92 Å². The summed E-state index contributed by atoms with van der Waals surface area (Å²) < 4.78 is 5.37. The van der Waals surface area contributed by atoms with Gasteiger partial charge in [-0.05, 0) is 18.4 Å². The molecule has 0 aromatic heterocycles. The van der Waals surface area contributed by atoms with E-state index in [0.29, 0.717) is 13.2 Å². The molecule has 0 saturated carbocycles. The van der Waals surface area contributed by atoms with Crippen LogP contribution in [0.25, 0.3) is 0 Å². The Morgan fingerprint density at radius 1 is 1.30 bits per heavy atom. The van der Waals surface area contributed by atoms with Crippen molar-refractivity contribution in [3.63, 3.8) is 0 Å². The van der Waals surface area contributed by atoms with Crippen LogP contribution in [0.5, 0.6) is 0 Å². The van der Waals surface area contributed by atoms with Gasteiger partial charge >= 0.3 is 0 Å². The summed E-state index contributed by atoms with van der Waals surface area (Å²) in [5, 5.41) is 2.91. The third-order valence-corrected chi connectivity index (χ3v) is 3.25. The normalized spacial score (nSPS) is 13.8. The number of hydrogen-bond donors (Lipinski definition) is 2. The number of ether oxygens (including phenoxy) is 1. The van der Waals surface area contributed by atoms with E-state index in [1.807, 2.05) is 37.3 Å². The molecule has 0 aliphatic heterocycles. The minimum Gasteiger partial charge on any atom is -0.381 e. The first kappa shape index (κ1) is 16.7. The van der Waals surface area contributed by atoms with Crippen molar-refractivity contribution >= 4 is 5.91 Å². The molecule has 0 spiro atoms. The summed E-state index contributed by atoms with van der Waals surface area (Å²) in [6, 6.07) is 9.44. The summed E-state index contributed by atoms with van der Waals surface area (Å²) in [5.41, 5.74) is 7.11. The Hall–Kier alpha value is -1.39. The predicted molar refractivity (Wildman–Crippen MR) is 81.3 cm³/mol. The molecule has 1 amide bonds. The van der Waals surface area contributed by atoms with E-state index >= 15 is 0 Å². The van der Waals surface area contributed by atoms with Crippen LogP contribution in [0.2, 0.25) is 0 Å². The lowest BCUT2D eigenvalue weighted by Crippen LogP contribution is -2.36. The number of benzene rings is 1. The minimum atomic E-state index is -0.271. The van der Waals surface area contributed by atoms with Crippen LogP contribution >= 0.6 is 0 Å². The van der Waals surface area contributed by atoms with Crippen LogP contribution < -0.4 is 11.1 Å². The van der Waals surface area contributed by atoms with E-state index in [1.54, 1.807) is 0 Å². The molecule has 4 heteroatoms. The number of hydrogen-bond acceptors (Lipinski definition) is 3. The third kappa shape index (κ3) is 5.72. The first-order valence-electron chi connectivity index (χ1n) is 7.32. The van der Waals surface area contributed by atoms with Gasteiger partial charge in [0, 0.05) is 25.8 Å². The second-order valence-corrected chi connectivity index (χ2v) is 4.98. The second-order valence-electron chi connectivity index (χ2n) is 4.98. The minimum absolute atomic E-state index is 0.00292. The molecule has 0 fully saturated rings. The van der Waals surface area contributed by atoms with E-state index in [9.17, 15) is 4.79 Å². The largest absolute Gasteiger partial charge is 0.381 e. The summed E-state index contributed by atoms with van der Waals surface area (Å²) in [4.78, 5) is 12.0. The molecule has 1 aromatic carbocycles. The zero-order valence-electron chi connectivity index (χ0n) is 12.5. The molecule has 2 unspecified atom stereocenters.